The molecule has 0 aliphatic heterocycles. The fourth-order valence-electron chi connectivity index (χ4n) is 2.48. The predicted octanol–water partition coefficient (Wildman–Crippen LogP) is 6.75. The number of phenolic OH excluding ortho intramolecular Hbond substituents is 1. The van der Waals surface area contributed by atoms with Crippen LogP contribution in [0.1, 0.15) is 39.2 Å². The molecule has 0 aliphatic rings. The first-order chi connectivity index (χ1) is 14.1. The zero-order valence-corrected chi connectivity index (χ0v) is 19.4. The van der Waals surface area contributed by atoms with Crippen LogP contribution in [-0.4, -0.2) is 29.7 Å². The molecule has 0 aliphatic carbocycles. The van der Waals surface area contributed by atoms with E-state index in [1.54, 1.807) is 19.9 Å². The maximum Gasteiger partial charge on any atom is 0.367 e. The van der Waals surface area contributed by atoms with Gasteiger partial charge in [0.15, 0.2) is 17.3 Å². The first-order valence-corrected chi connectivity index (χ1v) is 11.7. The zero-order chi connectivity index (χ0) is 22.5. The minimum Gasteiger partial charge on any atom is -0.508 e. The molecule has 1 heterocycles. The fourth-order valence-corrected chi connectivity index (χ4v) is 4.24. The molecule has 1 aromatic carbocycles. The topological polar surface area (TPSA) is 87.1 Å². The molecule has 11 heteroatoms. The second-order valence-corrected chi connectivity index (χ2v) is 9.09. The molecule has 1 aromatic heterocycles. The van der Waals surface area contributed by atoms with Crippen LogP contribution in [0.15, 0.2) is 18.2 Å². The van der Waals surface area contributed by atoms with Crippen molar-refractivity contribution in [2.75, 3.05) is 19.6 Å². The van der Waals surface area contributed by atoms with Crippen LogP contribution in [0.5, 0.6) is 23.1 Å². The second kappa shape index (κ2) is 10.6. The lowest BCUT2D eigenvalue weighted by Gasteiger charge is -2.18. The minimum absolute atomic E-state index is 0.0245. The Labute approximate surface area is 184 Å². The Morgan fingerprint density at radius 1 is 1.20 bits per heavy atom. The Balaban J connectivity index is 2.28. The molecule has 0 amide bonds. The summed E-state index contributed by atoms with van der Waals surface area (Å²) in [6, 6.07) is 4.53. The van der Waals surface area contributed by atoms with Crippen LogP contribution < -0.4 is 9.47 Å². The van der Waals surface area contributed by atoms with Gasteiger partial charge in [0, 0.05) is 5.56 Å². The van der Waals surface area contributed by atoms with Crippen LogP contribution in [0.25, 0.3) is 0 Å². The van der Waals surface area contributed by atoms with Crippen molar-refractivity contribution in [1.29, 1.82) is 0 Å². The van der Waals surface area contributed by atoms with Gasteiger partial charge in [0.1, 0.15) is 16.5 Å². The molecule has 1 N–H and O–H groups in total. The normalized spacial score (nSPS) is 11.7. The third kappa shape index (κ3) is 5.99. The predicted molar refractivity (Wildman–Crippen MR) is 113 cm³/mol. The molecule has 2 aromatic rings. The molecular formula is C19H23Cl2FNO6P. The molecule has 0 fully saturated rings. The van der Waals surface area contributed by atoms with E-state index in [-0.39, 0.29) is 41.5 Å². The smallest absolute Gasteiger partial charge is 0.367 e. The highest BCUT2D eigenvalue weighted by molar-refractivity contribution is 7.53. The molecule has 0 saturated heterocycles. The van der Waals surface area contributed by atoms with Crippen molar-refractivity contribution in [3.63, 3.8) is 0 Å². The minimum atomic E-state index is -3.59. The molecule has 30 heavy (non-hydrogen) atoms. The standard InChI is InChI=1S/C19H23Cl2FNO6P/c1-5-27-30(25,28-6-2)10-26-19-16(22)15(20)17(18(21)23-19)29-12-7-8-14(24)13(9-12)11(3)4/h7-9,11,24H,5-6,10H2,1-4H3. The Kier molecular flexibility index (Phi) is 8.76. The largest absolute Gasteiger partial charge is 0.508 e. The number of benzene rings is 1. The van der Waals surface area contributed by atoms with E-state index in [0.29, 0.717) is 5.56 Å². The Morgan fingerprint density at radius 2 is 1.83 bits per heavy atom. The van der Waals surface area contributed by atoms with E-state index in [9.17, 15) is 14.1 Å². The molecule has 0 spiro atoms. The summed E-state index contributed by atoms with van der Waals surface area (Å²) in [5.41, 5.74) is 0.635. The summed E-state index contributed by atoms with van der Waals surface area (Å²) in [6.07, 6.45) is -0.568. The van der Waals surface area contributed by atoms with E-state index in [4.69, 9.17) is 41.7 Å². The average molecular weight is 482 g/mol. The molecule has 0 radical (unpaired) electrons. The number of ether oxygens (including phenoxy) is 2. The average Bonchev–Trinajstić information content (AvgIpc) is 2.68. The quantitative estimate of drug-likeness (QED) is 0.296. The number of hydrogen-bond donors (Lipinski definition) is 1. The highest BCUT2D eigenvalue weighted by atomic mass is 35.5. The van der Waals surface area contributed by atoms with Gasteiger partial charge in [-0.3, -0.25) is 4.57 Å². The number of aromatic hydroxyl groups is 1. The molecule has 0 atom stereocenters. The molecule has 0 unspecified atom stereocenters. The number of halogens is 3. The Hall–Kier alpha value is -1.57. The maximum atomic E-state index is 14.7. The van der Waals surface area contributed by atoms with E-state index in [0.717, 1.165) is 0 Å². The van der Waals surface area contributed by atoms with Gasteiger partial charge in [-0.1, -0.05) is 37.0 Å². The van der Waals surface area contributed by atoms with E-state index < -0.39 is 30.7 Å². The van der Waals surface area contributed by atoms with Gasteiger partial charge in [-0.2, -0.15) is 9.37 Å². The van der Waals surface area contributed by atoms with Gasteiger partial charge in [0.05, 0.1) is 13.2 Å². The highest BCUT2D eigenvalue weighted by Crippen LogP contribution is 2.48. The monoisotopic (exact) mass is 481 g/mol. The molecule has 7 nitrogen and oxygen atoms in total. The van der Waals surface area contributed by atoms with Gasteiger partial charge in [-0.25, -0.2) is 0 Å². The Morgan fingerprint density at radius 3 is 2.40 bits per heavy atom. The van der Waals surface area contributed by atoms with Crippen molar-refractivity contribution in [2.45, 2.75) is 33.6 Å². The number of hydrogen-bond acceptors (Lipinski definition) is 7. The lowest BCUT2D eigenvalue weighted by molar-refractivity contribution is 0.193. The summed E-state index contributed by atoms with van der Waals surface area (Å²) in [5, 5.41) is 9.19. The van der Waals surface area contributed by atoms with Crippen molar-refractivity contribution in [3.8, 4) is 23.1 Å². The molecule has 2 rings (SSSR count). The number of phenols is 1. The van der Waals surface area contributed by atoms with Crippen molar-refractivity contribution in [1.82, 2.24) is 4.98 Å². The summed E-state index contributed by atoms with van der Waals surface area (Å²) < 4.78 is 48.1. The van der Waals surface area contributed by atoms with E-state index in [1.807, 2.05) is 13.8 Å². The molecular weight excluding hydrogens is 459 g/mol. The SMILES string of the molecule is CCOP(=O)(COc1nc(Cl)c(Oc2ccc(O)c(C(C)C)c2)c(Cl)c1F)OCC. The summed E-state index contributed by atoms with van der Waals surface area (Å²) in [4.78, 5) is 3.81. The first-order valence-electron chi connectivity index (χ1n) is 9.18. The van der Waals surface area contributed by atoms with Gasteiger partial charge in [0.2, 0.25) is 5.82 Å². The summed E-state index contributed by atoms with van der Waals surface area (Å²) in [7, 11) is -3.59. The van der Waals surface area contributed by atoms with Crippen LogP contribution in [0.3, 0.4) is 0 Å². The van der Waals surface area contributed by atoms with Crippen LogP contribution in [0.2, 0.25) is 10.2 Å². The van der Waals surface area contributed by atoms with Gasteiger partial charge in [-0.05, 0) is 38.0 Å². The van der Waals surface area contributed by atoms with Crippen molar-refractivity contribution < 1.29 is 32.6 Å². The molecule has 0 saturated carbocycles. The van der Waals surface area contributed by atoms with E-state index in [1.165, 1.54) is 12.1 Å². The number of rotatable bonds is 10. The van der Waals surface area contributed by atoms with E-state index in [2.05, 4.69) is 4.98 Å². The van der Waals surface area contributed by atoms with Crippen LogP contribution >= 0.6 is 30.8 Å². The van der Waals surface area contributed by atoms with Gasteiger partial charge < -0.3 is 23.6 Å². The Bertz CT molecular complexity index is 934. The zero-order valence-electron chi connectivity index (χ0n) is 16.9. The summed E-state index contributed by atoms with van der Waals surface area (Å²) in [5.74, 6) is -1.41. The van der Waals surface area contributed by atoms with Crippen molar-refractivity contribution >= 4 is 30.8 Å². The summed E-state index contributed by atoms with van der Waals surface area (Å²) in [6.45, 7) is 7.31. The number of aromatic nitrogens is 1. The second-order valence-electron chi connectivity index (χ2n) is 6.36. The number of pyridine rings is 1. The third-order valence-corrected chi connectivity index (χ3v) is 6.16. The van der Waals surface area contributed by atoms with Crippen LogP contribution in [-0.2, 0) is 13.6 Å². The molecule has 0 bridgehead atoms. The van der Waals surface area contributed by atoms with Gasteiger partial charge in [0.25, 0.3) is 5.88 Å². The highest BCUT2D eigenvalue weighted by Gasteiger charge is 2.28. The maximum absolute atomic E-state index is 14.7. The van der Waals surface area contributed by atoms with Crippen molar-refractivity contribution in [3.05, 3.63) is 39.8 Å². The van der Waals surface area contributed by atoms with Gasteiger partial charge >= 0.3 is 7.60 Å². The summed E-state index contributed by atoms with van der Waals surface area (Å²) >= 11 is 12.2. The lowest BCUT2D eigenvalue weighted by Crippen LogP contribution is -2.08. The first kappa shape index (κ1) is 24.7. The number of nitrogens with zero attached hydrogens (tertiary/aromatic N) is 1. The van der Waals surface area contributed by atoms with Crippen molar-refractivity contribution in [2.24, 2.45) is 0 Å². The lowest BCUT2D eigenvalue weighted by atomic mass is 10.0. The van der Waals surface area contributed by atoms with Crippen LogP contribution in [0, 0.1) is 5.82 Å². The van der Waals surface area contributed by atoms with Crippen LogP contribution in [0.4, 0.5) is 4.39 Å². The molecule has 166 valence electrons. The third-order valence-electron chi connectivity index (χ3n) is 3.82. The fraction of sp³-hybridized carbons (Fsp3) is 0.421. The van der Waals surface area contributed by atoms with E-state index >= 15 is 0 Å². The van der Waals surface area contributed by atoms with Gasteiger partial charge in [-0.15, -0.1) is 0 Å².